The van der Waals surface area contributed by atoms with Gasteiger partial charge in [0.25, 0.3) is 5.91 Å². The Kier molecular flexibility index (Phi) is 4.47. The SMILES string of the molecule is CCCc1nnc(N2C(=O)c3oc4ccccc4c(=O)c3C2c2ccc(C)cc2)s1. The highest BCUT2D eigenvalue weighted by molar-refractivity contribution is 7.15. The average molecular weight is 417 g/mol. The van der Waals surface area contributed by atoms with Crippen LogP contribution in [0.15, 0.2) is 57.7 Å². The summed E-state index contributed by atoms with van der Waals surface area (Å²) in [6.45, 7) is 4.07. The Hall–Kier alpha value is -3.32. The van der Waals surface area contributed by atoms with E-state index < -0.39 is 6.04 Å². The van der Waals surface area contributed by atoms with E-state index in [-0.39, 0.29) is 17.1 Å². The summed E-state index contributed by atoms with van der Waals surface area (Å²) in [5, 5.41) is 10.3. The van der Waals surface area contributed by atoms with Gasteiger partial charge >= 0.3 is 0 Å². The van der Waals surface area contributed by atoms with Crippen molar-refractivity contribution in [2.75, 3.05) is 4.90 Å². The summed E-state index contributed by atoms with van der Waals surface area (Å²) in [5.41, 5.74) is 2.51. The summed E-state index contributed by atoms with van der Waals surface area (Å²) >= 11 is 1.38. The molecule has 6 nitrogen and oxygen atoms in total. The number of fused-ring (bicyclic) bond motifs is 2. The fraction of sp³-hybridized carbons (Fsp3) is 0.217. The minimum absolute atomic E-state index is 0.0801. The molecule has 0 saturated heterocycles. The van der Waals surface area contributed by atoms with E-state index in [0.717, 1.165) is 29.0 Å². The third kappa shape index (κ3) is 2.85. The maximum atomic E-state index is 13.4. The van der Waals surface area contributed by atoms with Gasteiger partial charge in [0.2, 0.25) is 10.9 Å². The molecule has 150 valence electrons. The molecule has 0 bridgehead atoms. The lowest BCUT2D eigenvalue weighted by atomic mass is 9.98. The van der Waals surface area contributed by atoms with Crippen molar-refractivity contribution in [3.63, 3.8) is 0 Å². The number of amides is 1. The topological polar surface area (TPSA) is 76.3 Å². The first-order valence-electron chi connectivity index (χ1n) is 9.86. The van der Waals surface area contributed by atoms with E-state index in [1.54, 1.807) is 29.2 Å². The smallest absolute Gasteiger partial charge is 0.297 e. The number of hydrogen-bond acceptors (Lipinski definition) is 6. The minimum Gasteiger partial charge on any atom is -0.450 e. The number of anilines is 1. The largest absolute Gasteiger partial charge is 0.450 e. The van der Waals surface area contributed by atoms with Crippen molar-refractivity contribution >= 4 is 33.3 Å². The van der Waals surface area contributed by atoms with E-state index in [1.165, 1.54) is 11.3 Å². The van der Waals surface area contributed by atoms with Crippen LogP contribution in [0.4, 0.5) is 5.13 Å². The summed E-state index contributed by atoms with van der Waals surface area (Å²) in [6, 6.07) is 14.2. The lowest BCUT2D eigenvalue weighted by molar-refractivity contribution is 0.0970. The van der Waals surface area contributed by atoms with Crippen molar-refractivity contribution in [3.05, 3.63) is 86.2 Å². The molecular formula is C23H19N3O3S. The van der Waals surface area contributed by atoms with Crippen molar-refractivity contribution in [3.8, 4) is 0 Å². The number of rotatable bonds is 4. The molecule has 1 aliphatic rings. The number of benzene rings is 2. The summed E-state index contributed by atoms with van der Waals surface area (Å²) in [6.07, 6.45) is 1.73. The van der Waals surface area contributed by atoms with E-state index in [4.69, 9.17) is 4.42 Å². The van der Waals surface area contributed by atoms with Crippen LogP contribution in [-0.2, 0) is 6.42 Å². The maximum Gasteiger partial charge on any atom is 0.297 e. The van der Waals surface area contributed by atoms with Gasteiger partial charge in [0.05, 0.1) is 17.0 Å². The molecule has 3 heterocycles. The fourth-order valence-electron chi connectivity index (χ4n) is 3.84. The van der Waals surface area contributed by atoms with Gasteiger partial charge in [-0.05, 0) is 31.0 Å². The first-order valence-corrected chi connectivity index (χ1v) is 10.7. The van der Waals surface area contributed by atoms with Crippen LogP contribution in [0.3, 0.4) is 0 Å². The molecule has 0 N–H and O–H groups in total. The van der Waals surface area contributed by atoms with Gasteiger partial charge in [-0.2, -0.15) is 0 Å². The van der Waals surface area contributed by atoms with E-state index in [0.29, 0.717) is 21.7 Å². The Labute approximate surface area is 176 Å². The predicted molar refractivity (Wildman–Crippen MR) is 116 cm³/mol. The molecule has 4 aromatic rings. The summed E-state index contributed by atoms with van der Waals surface area (Å²) < 4.78 is 5.94. The van der Waals surface area contributed by atoms with Crippen LogP contribution < -0.4 is 10.3 Å². The Bertz CT molecular complexity index is 1320. The zero-order valence-corrected chi connectivity index (χ0v) is 17.4. The van der Waals surface area contributed by atoms with Gasteiger partial charge in [0.15, 0.2) is 5.43 Å². The molecule has 1 unspecified atom stereocenters. The maximum absolute atomic E-state index is 13.4. The Balaban J connectivity index is 1.76. The normalized spacial score (nSPS) is 15.7. The van der Waals surface area contributed by atoms with Crippen LogP contribution in [0.1, 0.15) is 51.6 Å². The number of carbonyl (C=O) groups excluding carboxylic acids is 1. The van der Waals surface area contributed by atoms with Crippen LogP contribution in [0.2, 0.25) is 0 Å². The standard InChI is InChI=1S/C23H19N3O3S/c1-3-6-17-24-25-23(30-17)26-19(14-11-9-13(2)10-12-14)18-20(27)15-7-4-5-8-16(15)29-21(18)22(26)28/h4-5,7-12,19H,3,6H2,1-2H3. The molecule has 0 spiro atoms. The van der Waals surface area contributed by atoms with E-state index in [9.17, 15) is 9.59 Å². The Morgan fingerprint density at radius 1 is 1.07 bits per heavy atom. The first kappa shape index (κ1) is 18.7. The van der Waals surface area contributed by atoms with Gasteiger partial charge in [-0.15, -0.1) is 10.2 Å². The molecular weight excluding hydrogens is 398 g/mol. The van der Waals surface area contributed by atoms with Gasteiger partial charge in [-0.25, -0.2) is 0 Å². The van der Waals surface area contributed by atoms with Crippen molar-refractivity contribution in [2.45, 2.75) is 32.7 Å². The van der Waals surface area contributed by atoms with Crippen molar-refractivity contribution in [1.82, 2.24) is 10.2 Å². The Morgan fingerprint density at radius 3 is 2.60 bits per heavy atom. The Morgan fingerprint density at radius 2 is 1.83 bits per heavy atom. The number of nitrogens with zero attached hydrogens (tertiary/aromatic N) is 3. The highest BCUT2D eigenvalue weighted by Gasteiger charge is 2.45. The van der Waals surface area contributed by atoms with Gasteiger partial charge < -0.3 is 4.42 Å². The first-order chi connectivity index (χ1) is 14.6. The zero-order chi connectivity index (χ0) is 20.8. The van der Waals surface area contributed by atoms with Crippen LogP contribution >= 0.6 is 11.3 Å². The monoisotopic (exact) mass is 417 g/mol. The molecule has 2 aromatic heterocycles. The van der Waals surface area contributed by atoms with Gasteiger partial charge in [0, 0.05) is 6.42 Å². The van der Waals surface area contributed by atoms with Crippen molar-refractivity contribution in [1.29, 1.82) is 0 Å². The average Bonchev–Trinajstić information content (AvgIpc) is 3.32. The molecule has 1 amide bonds. The third-order valence-electron chi connectivity index (χ3n) is 5.30. The minimum atomic E-state index is -0.601. The lowest BCUT2D eigenvalue weighted by Gasteiger charge is -2.22. The molecule has 1 aliphatic heterocycles. The second kappa shape index (κ2) is 7.18. The summed E-state index contributed by atoms with van der Waals surface area (Å²) in [5.74, 6) is -0.283. The molecule has 5 rings (SSSR count). The highest BCUT2D eigenvalue weighted by Crippen LogP contribution is 2.42. The summed E-state index contributed by atoms with van der Waals surface area (Å²) in [7, 11) is 0. The van der Waals surface area contributed by atoms with Gasteiger partial charge in [-0.1, -0.05) is 60.2 Å². The predicted octanol–water partition coefficient (Wildman–Crippen LogP) is 4.66. The third-order valence-corrected chi connectivity index (χ3v) is 6.28. The number of para-hydroxylation sites is 1. The molecule has 30 heavy (non-hydrogen) atoms. The fourth-order valence-corrected chi connectivity index (χ4v) is 4.81. The molecule has 0 fully saturated rings. The second-order valence-corrected chi connectivity index (χ2v) is 8.43. The van der Waals surface area contributed by atoms with E-state index in [1.807, 2.05) is 31.2 Å². The lowest BCUT2D eigenvalue weighted by Crippen LogP contribution is -2.29. The van der Waals surface area contributed by atoms with E-state index >= 15 is 0 Å². The summed E-state index contributed by atoms with van der Waals surface area (Å²) in [4.78, 5) is 28.4. The zero-order valence-electron chi connectivity index (χ0n) is 16.6. The number of aryl methyl sites for hydroxylation is 2. The quantitative estimate of drug-likeness (QED) is 0.483. The number of hydrogen-bond donors (Lipinski definition) is 0. The molecule has 7 heteroatoms. The number of aromatic nitrogens is 2. The van der Waals surface area contributed by atoms with Crippen LogP contribution in [0.5, 0.6) is 0 Å². The van der Waals surface area contributed by atoms with E-state index in [2.05, 4.69) is 17.1 Å². The van der Waals surface area contributed by atoms with Crippen LogP contribution in [-0.4, -0.2) is 16.1 Å². The molecule has 1 atom stereocenters. The second-order valence-electron chi connectivity index (χ2n) is 7.39. The molecule has 0 radical (unpaired) electrons. The van der Waals surface area contributed by atoms with Crippen LogP contribution in [0, 0.1) is 6.92 Å². The van der Waals surface area contributed by atoms with Crippen molar-refractivity contribution in [2.24, 2.45) is 0 Å². The molecule has 0 saturated carbocycles. The molecule has 0 aliphatic carbocycles. The van der Waals surface area contributed by atoms with Crippen LogP contribution in [0.25, 0.3) is 11.0 Å². The van der Waals surface area contributed by atoms with Gasteiger partial charge in [-0.3, -0.25) is 14.5 Å². The van der Waals surface area contributed by atoms with Crippen molar-refractivity contribution < 1.29 is 9.21 Å². The molecule has 2 aromatic carbocycles. The number of carbonyl (C=O) groups is 1. The highest BCUT2D eigenvalue weighted by atomic mass is 32.1. The van der Waals surface area contributed by atoms with Gasteiger partial charge in [0.1, 0.15) is 10.6 Å².